The molecule has 0 bridgehead atoms. The zero-order valence-corrected chi connectivity index (χ0v) is 10.7. The SMILES string of the molecule is CC.CC.Cc1ccc(OC(F)(F)F)cc1F. The molecule has 0 aromatic heterocycles. The van der Waals surface area contributed by atoms with Gasteiger partial charge in [0, 0.05) is 6.07 Å². The predicted octanol–water partition coefficient (Wildman–Crippen LogP) is 5.09. The van der Waals surface area contributed by atoms with Crippen LogP contribution in [-0.2, 0) is 0 Å². The maximum atomic E-state index is 12.7. The summed E-state index contributed by atoms with van der Waals surface area (Å²) in [4.78, 5) is 0. The number of halogens is 4. The highest BCUT2D eigenvalue weighted by molar-refractivity contribution is 5.28. The molecule has 0 saturated carbocycles. The van der Waals surface area contributed by atoms with Crippen molar-refractivity contribution >= 4 is 0 Å². The Hall–Kier alpha value is -1.26. The first kappa shape index (κ1) is 18.1. The molecule has 1 aromatic rings. The Bertz CT molecular complexity index is 308. The molecule has 0 aliphatic heterocycles. The van der Waals surface area contributed by atoms with Crippen molar-refractivity contribution in [3.63, 3.8) is 0 Å². The van der Waals surface area contributed by atoms with E-state index in [0.717, 1.165) is 6.07 Å². The van der Waals surface area contributed by atoms with E-state index in [2.05, 4.69) is 4.74 Å². The van der Waals surface area contributed by atoms with E-state index in [1.807, 2.05) is 27.7 Å². The first-order valence-corrected chi connectivity index (χ1v) is 5.40. The largest absolute Gasteiger partial charge is 0.573 e. The molecule has 0 atom stereocenters. The summed E-state index contributed by atoms with van der Waals surface area (Å²) >= 11 is 0. The summed E-state index contributed by atoms with van der Waals surface area (Å²) in [7, 11) is 0. The summed E-state index contributed by atoms with van der Waals surface area (Å²) in [5, 5.41) is 0. The molecule has 17 heavy (non-hydrogen) atoms. The van der Waals surface area contributed by atoms with Crippen molar-refractivity contribution in [3.05, 3.63) is 29.6 Å². The smallest absolute Gasteiger partial charge is 0.406 e. The Morgan fingerprint density at radius 2 is 1.47 bits per heavy atom. The van der Waals surface area contributed by atoms with Crippen molar-refractivity contribution < 1.29 is 22.3 Å². The van der Waals surface area contributed by atoms with Gasteiger partial charge in [-0.1, -0.05) is 33.8 Å². The van der Waals surface area contributed by atoms with E-state index in [9.17, 15) is 17.6 Å². The van der Waals surface area contributed by atoms with Crippen LogP contribution >= 0.6 is 0 Å². The molecule has 1 aromatic carbocycles. The topological polar surface area (TPSA) is 9.23 Å². The molecule has 0 heterocycles. The molecule has 0 spiro atoms. The lowest BCUT2D eigenvalue weighted by Gasteiger charge is -2.08. The quantitative estimate of drug-likeness (QED) is 0.634. The van der Waals surface area contributed by atoms with Crippen LogP contribution in [-0.4, -0.2) is 6.36 Å². The van der Waals surface area contributed by atoms with Crippen LogP contribution in [0.3, 0.4) is 0 Å². The summed E-state index contributed by atoms with van der Waals surface area (Å²) in [5.41, 5.74) is 0.273. The first-order chi connectivity index (χ1) is 7.88. The van der Waals surface area contributed by atoms with Crippen LogP contribution < -0.4 is 4.74 Å². The van der Waals surface area contributed by atoms with Crippen molar-refractivity contribution in [1.29, 1.82) is 0 Å². The fraction of sp³-hybridized carbons (Fsp3) is 0.500. The van der Waals surface area contributed by atoms with Crippen LogP contribution in [0.2, 0.25) is 0 Å². The molecule has 100 valence electrons. The van der Waals surface area contributed by atoms with Crippen molar-refractivity contribution in [2.75, 3.05) is 0 Å². The molecular weight excluding hydrogens is 236 g/mol. The molecule has 1 nitrogen and oxygen atoms in total. The summed E-state index contributed by atoms with van der Waals surface area (Å²) in [6.07, 6.45) is -4.78. The van der Waals surface area contributed by atoms with Gasteiger partial charge in [0.15, 0.2) is 0 Å². The first-order valence-electron chi connectivity index (χ1n) is 5.40. The lowest BCUT2D eigenvalue weighted by molar-refractivity contribution is -0.274. The van der Waals surface area contributed by atoms with Gasteiger partial charge in [0.2, 0.25) is 0 Å². The third-order valence-electron chi connectivity index (χ3n) is 1.38. The number of alkyl halides is 3. The molecule has 1 rings (SSSR count). The van der Waals surface area contributed by atoms with E-state index >= 15 is 0 Å². The van der Waals surface area contributed by atoms with Gasteiger partial charge >= 0.3 is 6.36 Å². The van der Waals surface area contributed by atoms with Crippen molar-refractivity contribution in [2.24, 2.45) is 0 Å². The lowest BCUT2D eigenvalue weighted by Crippen LogP contribution is -2.17. The Labute approximate surface area is 99.4 Å². The maximum absolute atomic E-state index is 12.7. The third-order valence-corrected chi connectivity index (χ3v) is 1.38. The molecule has 5 heteroatoms. The number of hydrogen-bond donors (Lipinski definition) is 0. The second kappa shape index (κ2) is 8.84. The average Bonchev–Trinajstić information content (AvgIpc) is 2.27. The molecule has 0 aliphatic rings. The van der Waals surface area contributed by atoms with Gasteiger partial charge in [-0.15, -0.1) is 13.2 Å². The molecule has 0 amide bonds. The molecule has 0 radical (unpaired) electrons. The minimum absolute atomic E-state index is 0.273. The fourth-order valence-corrected chi connectivity index (χ4v) is 0.771. The van der Waals surface area contributed by atoms with Gasteiger partial charge < -0.3 is 4.74 Å². The standard InChI is InChI=1S/C8H6F4O.2C2H6/c1-5-2-3-6(4-7(5)9)13-8(10,11)12;2*1-2/h2-4H,1H3;2*1-2H3. The van der Waals surface area contributed by atoms with E-state index in [-0.39, 0.29) is 5.56 Å². The second-order valence-electron chi connectivity index (χ2n) is 2.46. The van der Waals surface area contributed by atoms with Gasteiger partial charge in [0.05, 0.1) is 0 Å². The van der Waals surface area contributed by atoms with Gasteiger partial charge in [0.25, 0.3) is 0 Å². The van der Waals surface area contributed by atoms with Crippen LogP contribution in [0.4, 0.5) is 17.6 Å². The van der Waals surface area contributed by atoms with Gasteiger partial charge in [0.1, 0.15) is 11.6 Å². The van der Waals surface area contributed by atoms with E-state index < -0.39 is 17.9 Å². The fourth-order valence-electron chi connectivity index (χ4n) is 0.771. The van der Waals surface area contributed by atoms with Crippen molar-refractivity contribution in [3.8, 4) is 5.75 Å². The summed E-state index contributed by atoms with van der Waals surface area (Å²) in [6.45, 7) is 9.45. The highest BCUT2D eigenvalue weighted by atomic mass is 19.4. The normalized spacial score (nSPS) is 9.47. The van der Waals surface area contributed by atoms with Crippen molar-refractivity contribution in [2.45, 2.75) is 41.0 Å². The number of rotatable bonds is 1. The highest BCUT2D eigenvalue weighted by Crippen LogP contribution is 2.23. The summed E-state index contributed by atoms with van der Waals surface area (Å²) in [6, 6.07) is 2.98. The predicted molar refractivity (Wildman–Crippen MR) is 60.5 cm³/mol. The molecular formula is C12H18F4O. The molecule has 0 saturated heterocycles. The molecule has 0 aliphatic carbocycles. The van der Waals surface area contributed by atoms with E-state index in [0.29, 0.717) is 6.07 Å². The van der Waals surface area contributed by atoms with Crippen LogP contribution in [0.5, 0.6) is 5.75 Å². The van der Waals surface area contributed by atoms with Crippen LogP contribution in [0.25, 0.3) is 0 Å². The Balaban J connectivity index is 0. The van der Waals surface area contributed by atoms with E-state index in [1.165, 1.54) is 13.0 Å². The number of aryl methyl sites for hydroxylation is 1. The highest BCUT2D eigenvalue weighted by Gasteiger charge is 2.31. The average molecular weight is 254 g/mol. The van der Waals surface area contributed by atoms with Crippen molar-refractivity contribution in [1.82, 2.24) is 0 Å². The summed E-state index contributed by atoms with van der Waals surface area (Å²) in [5.74, 6) is -1.27. The Morgan fingerprint density at radius 1 is 1.00 bits per heavy atom. The number of hydrogen-bond acceptors (Lipinski definition) is 1. The monoisotopic (exact) mass is 254 g/mol. The van der Waals surface area contributed by atoms with Gasteiger partial charge in [-0.25, -0.2) is 4.39 Å². The van der Waals surface area contributed by atoms with Gasteiger partial charge in [-0.2, -0.15) is 0 Å². The number of ether oxygens (including phenoxy) is 1. The second-order valence-corrected chi connectivity index (χ2v) is 2.46. The van der Waals surface area contributed by atoms with Gasteiger partial charge in [-0.3, -0.25) is 0 Å². The van der Waals surface area contributed by atoms with E-state index in [4.69, 9.17) is 0 Å². The molecule has 0 unspecified atom stereocenters. The third kappa shape index (κ3) is 8.54. The minimum Gasteiger partial charge on any atom is -0.406 e. The van der Waals surface area contributed by atoms with Crippen LogP contribution in [0, 0.1) is 12.7 Å². The maximum Gasteiger partial charge on any atom is 0.573 e. The van der Waals surface area contributed by atoms with Crippen LogP contribution in [0.15, 0.2) is 18.2 Å². The van der Waals surface area contributed by atoms with Gasteiger partial charge in [-0.05, 0) is 18.6 Å². The molecule has 0 fully saturated rings. The minimum atomic E-state index is -4.78. The zero-order chi connectivity index (χ0) is 14.1. The Kier molecular flexibility index (Phi) is 9.42. The number of benzene rings is 1. The zero-order valence-electron chi connectivity index (χ0n) is 10.7. The lowest BCUT2D eigenvalue weighted by atomic mass is 10.2. The van der Waals surface area contributed by atoms with E-state index in [1.54, 1.807) is 0 Å². The van der Waals surface area contributed by atoms with Crippen LogP contribution in [0.1, 0.15) is 33.3 Å². The molecule has 0 N–H and O–H groups in total. The Morgan fingerprint density at radius 3 is 1.82 bits per heavy atom. The summed E-state index contributed by atoms with van der Waals surface area (Å²) < 4.78 is 51.1.